The Balaban J connectivity index is 2.33. The molecule has 2 rings (SSSR count). The first-order valence-electron chi connectivity index (χ1n) is 5.25. The molecule has 0 N–H and O–H groups in total. The number of rotatable bonds is 3. The quantitative estimate of drug-likeness (QED) is 0.724. The Morgan fingerprint density at radius 1 is 1.17 bits per heavy atom. The topological polar surface area (TPSA) is 22.1 Å². The highest BCUT2D eigenvalue weighted by atomic mass is 35.5. The first-order valence-corrected chi connectivity index (χ1v) is 6.54. The smallest absolute Gasteiger partial charge is 0.219 e. The lowest BCUT2D eigenvalue weighted by molar-refractivity contribution is 0.461. The van der Waals surface area contributed by atoms with Gasteiger partial charge < -0.3 is 4.74 Å². The Bertz CT molecular complexity index is 572. The highest BCUT2D eigenvalue weighted by Gasteiger charge is 2.07. The molecule has 94 valence electrons. The predicted octanol–water partition coefficient (Wildman–Crippen LogP) is 5.23. The van der Waals surface area contributed by atoms with E-state index in [1.54, 1.807) is 24.3 Å². The summed E-state index contributed by atoms with van der Waals surface area (Å²) in [5.41, 5.74) is 1.78. The molecule has 0 aliphatic carbocycles. The van der Waals surface area contributed by atoms with Crippen molar-refractivity contribution in [2.24, 2.45) is 0 Å². The average molecular weight is 303 g/mol. The predicted molar refractivity (Wildman–Crippen MR) is 75.1 cm³/mol. The zero-order chi connectivity index (χ0) is 13.1. The summed E-state index contributed by atoms with van der Waals surface area (Å²) in [5.74, 6) is 1.33. The van der Waals surface area contributed by atoms with Crippen LogP contribution in [0.2, 0.25) is 10.0 Å². The summed E-state index contributed by atoms with van der Waals surface area (Å²) in [4.78, 5) is 4.27. The molecule has 0 saturated carbocycles. The van der Waals surface area contributed by atoms with Crippen molar-refractivity contribution in [2.75, 3.05) is 0 Å². The summed E-state index contributed by atoms with van der Waals surface area (Å²) in [6, 6.07) is 8.70. The van der Waals surface area contributed by atoms with Crippen LogP contribution in [0.25, 0.3) is 0 Å². The Kier molecular flexibility index (Phi) is 4.33. The van der Waals surface area contributed by atoms with Crippen molar-refractivity contribution >= 4 is 34.8 Å². The third-order valence-corrected chi connectivity index (χ3v) is 3.11. The first-order chi connectivity index (χ1) is 8.58. The van der Waals surface area contributed by atoms with Crippen LogP contribution in [0, 0.1) is 6.92 Å². The number of ether oxygens (including phenoxy) is 1. The van der Waals surface area contributed by atoms with Gasteiger partial charge in [0.1, 0.15) is 5.75 Å². The van der Waals surface area contributed by atoms with Crippen LogP contribution in [-0.2, 0) is 5.88 Å². The maximum Gasteiger partial charge on any atom is 0.219 e. The van der Waals surface area contributed by atoms with Crippen LogP contribution < -0.4 is 4.74 Å². The summed E-state index contributed by atoms with van der Waals surface area (Å²) >= 11 is 17.7. The van der Waals surface area contributed by atoms with Crippen LogP contribution in [0.4, 0.5) is 0 Å². The maximum atomic E-state index is 6.02. The van der Waals surface area contributed by atoms with Crippen molar-refractivity contribution in [3.63, 3.8) is 0 Å². The van der Waals surface area contributed by atoms with E-state index in [1.165, 1.54) is 0 Å². The number of hydrogen-bond donors (Lipinski definition) is 0. The van der Waals surface area contributed by atoms with E-state index in [0.717, 1.165) is 11.3 Å². The average Bonchev–Trinajstić information content (AvgIpc) is 2.33. The number of aryl methyl sites for hydroxylation is 1. The van der Waals surface area contributed by atoms with E-state index in [-0.39, 0.29) is 0 Å². The van der Waals surface area contributed by atoms with Crippen molar-refractivity contribution in [1.82, 2.24) is 4.98 Å². The van der Waals surface area contributed by atoms with E-state index in [1.807, 2.05) is 13.0 Å². The Morgan fingerprint density at radius 2 is 1.94 bits per heavy atom. The number of hydrogen-bond acceptors (Lipinski definition) is 2. The standard InChI is InChI=1S/C13H10Cl3NO/c1-8-4-9(7-14)5-13(17-8)18-12-6-10(15)2-3-11(12)16/h2-6H,7H2,1H3. The number of pyridine rings is 1. The molecule has 5 heteroatoms. The highest BCUT2D eigenvalue weighted by Crippen LogP contribution is 2.31. The van der Waals surface area contributed by atoms with Gasteiger partial charge in [-0.25, -0.2) is 4.98 Å². The molecule has 0 spiro atoms. The van der Waals surface area contributed by atoms with E-state index < -0.39 is 0 Å². The maximum absolute atomic E-state index is 6.02. The van der Waals surface area contributed by atoms with Gasteiger partial charge in [0.05, 0.1) is 5.02 Å². The molecule has 0 unspecified atom stereocenters. The van der Waals surface area contributed by atoms with Gasteiger partial charge >= 0.3 is 0 Å². The van der Waals surface area contributed by atoms with Gasteiger partial charge in [0.2, 0.25) is 5.88 Å². The molecule has 1 aromatic carbocycles. The van der Waals surface area contributed by atoms with Gasteiger partial charge in [-0.15, -0.1) is 11.6 Å². The van der Waals surface area contributed by atoms with Crippen LogP contribution in [0.1, 0.15) is 11.3 Å². The lowest BCUT2D eigenvalue weighted by Crippen LogP contribution is -1.93. The normalized spacial score (nSPS) is 10.4. The molecule has 0 radical (unpaired) electrons. The lowest BCUT2D eigenvalue weighted by Gasteiger charge is -2.09. The third-order valence-electron chi connectivity index (χ3n) is 2.25. The van der Waals surface area contributed by atoms with Crippen molar-refractivity contribution in [1.29, 1.82) is 0 Å². The number of benzene rings is 1. The summed E-state index contributed by atoms with van der Waals surface area (Å²) in [6.07, 6.45) is 0. The van der Waals surface area contributed by atoms with E-state index in [4.69, 9.17) is 39.5 Å². The van der Waals surface area contributed by atoms with Crippen LogP contribution >= 0.6 is 34.8 Å². The third kappa shape index (κ3) is 3.29. The SMILES string of the molecule is Cc1cc(CCl)cc(Oc2cc(Cl)ccc2Cl)n1. The van der Waals surface area contributed by atoms with Crippen molar-refractivity contribution in [2.45, 2.75) is 12.8 Å². The van der Waals surface area contributed by atoms with Gasteiger partial charge in [-0.3, -0.25) is 0 Å². The number of alkyl halides is 1. The Morgan fingerprint density at radius 3 is 2.67 bits per heavy atom. The zero-order valence-corrected chi connectivity index (χ0v) is 11.9. The molecule has 0 fully saturated rings. The molecule has 0 atom stereocenters. The summed E-state index contributed by atoms with van der Waals surface area (Å²) < 4.78 is 5.63. The van der Waals surface area contributed by atoms with Crippen LogP contribution in [0.3, 0.4) is 0 Å². The van der Waals surface area contributed by atoms with Crippen LogP contribution in [0.5, 0.6) is 11.6 Å². The molecule has 0 aliphatic heterocycles. The van der Waals surface area contributed by atoms with Gasteiger partial charge in [-0.1, -0.05) is 23.2 Å². The molecule has 1 aromatic heterocycles. The van der Waals surface area contributed by atoms with Gasteiger partial charge in [-0.05, 0) is 30.7 Å². The van der Waals surface area contributed by atoms with Gasteiger partial charge in [0.15, 0.2) is 0 Å². The fourth-order valence-electron chi connectivity index (χ4n) is 1.50. The molecular weight excluding hydrogens is 293 g/mol. The van der Waals surface area contributed by atoms with Crippen molar-refractivity contribution in [3.05, 3.63) is 51.6 Å². The fraction of sp³-hybridized carbons (Fsp3) is 0.154. The zero-order valence-electron chi connectivity index (χ0n) is 9.58. The monoisotopic (exact) mass is 301 g/mol. The van der Waals surface area contributed by atoms with Gasteiger partial charge in [0.25, 0.3) is 0 Å². The minimum absolute atomic E-state index is 0.406. The van der Waals surface area contributed by atoms with Gasteiger partial charge in [-0.2, -0.15) is 0 Å². The first kappa shape index (κ1) is 13.5. The Labute approximate surface area is 120 Å². The van der Waals surface area contributed by atoms with Crippen LogP contribution in [0.15, 0.2) is 30.3 Å². The number of nitrogens with zero attached hydrogens (tertiary/aromatic N) is 1. The molecule has 1 heterocycles. The van der Waals surface area contributed by atoms with E-state index in [0.29, 0.717) is 27.6 Å². The second-order valence-electron chi connectivity index (χ2n) is 3.77. The second kappa shape index (κ2) is 5.79. The number of aromatic nitrogens is 1. The summed E-state index contributed by atoms with van der Waals surface area (Å²) in [5, 5.41) is 1.04. The van der Waals surface area contributed by atoms with E-state index in [2.05, 4.69) is 4.98 Å². The molecule has 0 aliphatic rings. The summed E-state index contributed by atoms with van der Waals surface area (Å²) in [6.45, 7) is 1.88. The second-order valence-corrected chi connectivity index (χ2v) is 4.88. The Hall–Kier alpha value is -0.960. The number of halogens is 3. The molecular formula is C13H10Cl3NO. The van der Waals surface area contributed by atoms with Crippen molar-refractivity contribution < 1.29 is 4.74 Å². The largest absolute Gasteiger partial charge is 0.437 e. The summed E-state index contributed by atoms with van der Waals surface area (Å²) in [7, 11) is 0. The fourth-order valence-corrected chi connectivity index (χ4v) is 1.98. The molecule has 18 heavy (non-hydrogen) atoms. The van der Waals surface area contributed by atoms with E-state index >= 15 is 0 Å². The molecule has 2 aromatic rings. The minimum atomic E-state index is 0.406. The minimum Gasteiger partial charge on any atom is -0.437 e. The van der Waals surface area contributed by atoms with Crippen molar-refractivity contribution in [3.8, 4) is 11.6 Å². The van der Waals surface area contributed by atoms with E-state index in [9.17, 15) is 0 Å². The molecule has 0 saturated heterocycles. The molecule has 0 bridgehead atoms. The molecule has 2 nitrogen and oxygen atoms in total. The molecule has 0 amide bonds. The lowest BCUT2D eigenvalue weighted by atomic mass is 10.2. The van der Waals surface area contributed by atoms with Crippen LogP contribution in [-0.4, -0.2) is 4.98 Å². The van der Waals surface area contributed by atoms with Gasteiger partial charge in [0, 0.05) is 28.7 Å². The highest BCUT2D eigenvalue weighted by molar-refractivity contribution is 6.34.